The molecular weight excluding hydrogens is 432 g/mol. The first kappa shape index (κ1) is 22.3. The van der Waals surface area contributed by atoms with Crippen molar-refractivity contribution in [2.75, 3.05) is 13.2 Å². The van der Waals surface area contributed by atoms with Crippen LogP contribution in [0.15, 0.2) is 52.9 Å². The summed E-state index contributed by atoms with van der Waals surface area (Å²) >= 11 is 0. The fourth-order valence-corrected chi connectivity index (χ4v) is 4.83. The van der Waals surface area contributed by atoms with Crippen molar-refractivity contribution in [3.63, 3.8) is 0 Å². The van der Waals surface area contributed by atoms with E-state index in [1.807, 2.05) is 55.5 Å². The molecule has 1 aliphatic carbocycles. The number of amides is 2. The van der Waals surface area contributed by atoms with Crippen molar-refractivity contribution in [3.05, 3.63) is 59.9 Å². The second kappa shape index (κ2) is 9.05. The van der Waals surface area contributed by atoms with Gasteiger partial charge >= 0.3 is 0 Å². The summed E-state index contributed by atoms with van der Waals surface area (Å²) in [5.74, 6) is 0.729. The summed E-state index contributed by atoms with van der Waals surface area (Å²) in [6.07, 6.45) is 4.13. The lowest BCUT2D eigenvalue weighted by Gasteiger charge is -2.38. The van der Waals surface area contributed by atoms with Gasteiger partial charge in [-0.3, -0.25) is 9.59 Å². The molecule has 2 heterocycles. The van der Waals surface area contributed by atoms with Gasteiger partial charge in [0, 0.05) is 12.6 Å². The Morgan fingerprint density at radius 2 is 1.88 bits per heavy atom. The number of hydrogen-bond acceptors (Lipinski definition) is 5. The molecule has 1 fully saturated rings. The highest BCUT2D eigenvalue weighted by Crippen LogP contribution is 2.39. The van der Waals surface area contributed by atoms with E-state index in [0.29, 0.717) is 17.9 Å². The molecule has 7 heteroatoms. The van der Waals surface area contributed by atoms with E-state index in [1.54, 1.807) is 11.8 Å². The van der Waals surface area contributed by atoms with Crippen LogP contribution in [0.25, 0.3) is 11.0 Å². The molecule has 34 heavy (non-hydrogen) atoms. The van der Waals surface area contributed by atoms with Crippen molar-refractivity contribution in [2.24, 2.45) is 0 Å². The topological polar surface area (TPSA) is 81.0 Å². The highest BCUT2D eigenvalue weighted by Gasteiger charge is 2.48. The van der Waals surface area contributed by atoms with Crippen LogP contribution in [0.5, 0.6) is 11.5 Å². The molecule has 7 nitrogen and oxygen atoms in total. The summed E-state index contributed by atoms with van der Waals surface area (Å²) in [6.45, 7) is 4.56. The molecule has 1 atom stereocenters. The van der Waals surface area contributed by atoms with Gasteiger partial charge in [-0.15, -0.1) is 0 Å². The minimum absolute atomic E-state index is 0.0326. The van der Waals surface area contributed by atoms with Gasteiger partial charge in [0.2, 0.25) is 11.7 Å². The molecule has 1 aromatic heterocycles. The normalized spacial score (nSPS) is 20.6. The number of nitrogens with one attached hydrogen (secondary N) is 1. The van der Waals surface area contributed by atoms with Crippen molar-refractivity contribution >= 4 is 22.8 Å². The molecule has 178 valence electrons. The molecule has 2 aromatic carbocycles. The zero-order valence-electron chi connectivity index (χ0n) is 19.6. The zero-order chi connectivity index (χ0) is 23.7. The summed E-state index contributed by atoms with van der Waals surface area (Å²) in [5.41, 5.74) is 0.262. The number of rotatable bonds is 6. The van der Waals surface area contributed by atoms with Gasteiger partial charge in [-0.05, 0) is 56.5 Å². The van der Waals surface area contributed by atoms with E-state index in [1.165, 1.54) is 0 Å². The Bertz CT molecular complexity index is 1200. The fourth-order valence-electron chi connectivity index (χ4n) is 4.83. The second-order valence-electron chi connectivity index (χ2n) is 9.24. The van der Waals surface area contributed by atoms with Crippen molar-refractivity contribution in [1.29, 1.82) is 0 Å². The third-order valence-corrected chi connectivity index (χ3v) is 6.84. The number of carbonyl (C=O) groups excluding carboxylic acids is 2. The number of para-hydroxylation sites is 1. The zero-order valence-corrected chi connectivity index (χ0v) is 19.6. The molecule has 0 spiro atoms. The number of nitrogens with zero attached hydrogens (tertiary/aromatic N) is 1. The molecule has 0 bridgehead atoms. The third kappa shape index (κ3) is 4.00. The lowest BCUT2D eigenvalue weighted by molar-refractivity contribution is -0.133. The Kier molecular flexibility index (Phi) is 5.94. The Hall–Kier alpha value is -3.48. The number of ether oxygens (including phenoxy) is 2. The van der Waals surface area contributed by atoms with Crippen LogP contribution in [0.4, 0.5) is 0 Å². The summed E-state index contributed by atoms with van der Waals surface area (Å²) in [7, 11) is 0. The first-order chi connectivity index (χ1) is 16.5. The number of fused-ring (bicyclic) bond motifs is 3. The van der Waals surface area contributed by atoms with Crippen LogP contribution in [-0.4, -0.2) is 41.5 Å². The van der Waals surface area contributed by atoms with E-state index in [0.717, 1.165) is 42.4 Å². The lowest BCUT2D eigenvalue weighted by atomic mass is 9.97. The predicted octanol–water partition coefficient (Wildman–Crippen LogP) is 4.68. The SMILES string of the molecule is CCOc1ccc(CN2C(=O)c3oc4ccccc4c3OCC2(C)C(=O)NC2CCCC2)cc1. The highest BCUT2D eigenvalue weighted by molar-refractivity contribution is 6.04. The third-order valence-electron chi connectivity index (χ3n) is 6.84. The van der Waals surface area contributed by atoms with Gasteiger partial charge in [0.05, 0.1) is 12.0 Å². The van der Waals surface area contributed by atoms with Crippen LogP contribution < -0.4 is 14.8 Å². The first-order valence-electron chi connectivity index (χ1n) is 12.0. The maximum atomic E-state index is 13.9. The monoisotopic (exact) mass is 462 g/mol. The van der Waals surface area contributed by atoms with Crippen molar-refractivity contribution < 1.29 is 23.5 Å². The largest absolute Gasteiger partial charge is 0.494 e. The average Bonchev–Trinajstić information content (AvgIpc) is 3.47. The quantitative estimate of drug-likeness (QED) is 0.575. The van der Waals surface area contributed by atoms with Gasteiger partial charge in [-0.1, -0.05) is 37.1 Å². The fraction of sp³-hybridized carbons (Fsp3) is 0.407. The molecule has 1 N–H and O–H groups in total. The van der Waals surface area contributed by atoms with Gasteiger partial charge in [0.15, 0.2) is 11.3 Å². The van der Waals surface area contributed by atoms with E-state index in [9.17, 15) is 9.59 Å². The lowest BCUT2D eigenvalue weighted by Crippen LogP contribution is -2.61. The molecule has 1 saturated carbocycles. The number of carbonyl (C=O) groups is 2. The van der Waals surface area contributed by atoms with Crippen molar-refractivity contribution in [3.8, 4) is 11.5 Å². The van der Waals surface area contributed by atoms with E-state index >= 15 is 0 Å². The Morgan fingerprint density at radius 3 is 2.62 bits per heavy atom. The maximum Gasteiger partial charge on any atom is 0.294 e. The Balaban J connectivity index is 1.52. The standard InChI is InChI=1S/C27H30N2O5/c1-3-32-20-14-12-18(13-15-20)16-29-25(30)24-23(21-10-6-7-11-22(21)34-24)33-17-27(29,2)26(31)28-19-8-4-5-9-19/h6-7,10-15,19H,3-5,8-9,16-17H2,1-2H3,(H,28,31). The van der Waals surface area contributed by atoms with Crippen LogP contribution >= 0.6 is 0 Å². The van der Waals surface area contributed by atoms with Crippen molar-refractivity contribution in [2.45, 2.75) is 57.7 Å². The smallest absolute Gasteiger partial charge is 0.294 e. The van der Waals surface area contributed by atoms with Gasteiger partial charge in [-0.25, -0.2) is 0 Å². The highest BCUT2D eigenvalue weighted by atomic mass is 16.5. The van der Waals surface area contributed by atoms with Crippen LogP contribution in [0, 0.1) is 0 Å². The van der Waals surface area contributed by atoms with Crippen molar-refractivity contribution in [1.82, 2.24) is 10.2 Å². The number of furan rings is 1. The van der Waals surface area contributed by atoms with E-state index < -0.39 is 5.54 Å². The molecule has 3 aromatic rings. The summed E-state index contributed by atoms with van der Waals surface area (Å²) in [6, 6.07) is 15.1. The minimum atomic E-state index is -1.21. The molecular formula is C27H30N2O5. The predicted molar refractivity (Wildman–Crippen MR) is 128 cm³/mol. The second-order valence-corrected chi connectivity index (χ2v) is 9.24. The molecule has 2 amide bonds. The molecule has 0 radical (unpaired) electrons. The number of hydrogen-bond donors (Lipinski definition) is 1. The van der Waals surface area contributed by atoms with E-state index in [2.05, 4.69) is 5.32 Å². The van der Waals surface area contributed by atoms with Gasteiger partial charge in [-0.2, -0.15) is 0 Å². The Morgan fingerprint density at radius 1 is 1.15 bits per heavy atom. The summed E-state index contributed by atoms with van der Waals surface area (Å²) < 4.78 is 17.6. The van der Waals surface area contributed by atoms with Crippen LogP contribution in [0.2, 0.25) is 0 Å². The summed E-state index contributed by atoms with van der Waals surface area (Å²) in [4.78, 5) is 29.1. The van der Waals surface area contributed by atoms with E-state index in [-0.39, 0.29) is 36.8 Å². The number of benzene rings is 2. The molecule has 1 aliphatic heterocycles. The molecule has 1 unspecified atom stereocenters. The molecule has 0 saturated heterocycles. The van der Waals surface area contributed by atoms with Gasteiger partial charge in [0.25, 0.3) is 5.91 Å². The van der Waals surface area contributed by atoms with Crippen LogP contribution in [0.3, 0.4) is 0 Å². The summed E-state index contributed by atoms with van der Waals surface area (Å²) in [5, 5.41) is 3.90. The molecule has 5 rings (SSSR count). The van der Waals surface area contributed by atoms with Gasteiger partial charge < -0.3 is 24.1 Å². The van der Waals surface area contributed by atoms with Crippen LogP contribution in [0.1, 0.15) is 55.6 Å². The average molecular weight is 463 g/mol. The first-order valence-corrected chi connectivity index (χ1v) is 12.0. The Labute approximate surface area is 199 Å². The maximum absolute atomic E-state index is 13.9. The van der Waals surface area contributed by atoms with E-state index in [4.69, 9.17) is 13.9 Å². The minimum Gasteiger partial charge on any atom is -0.494 e. The van der Waals surface area contributed by atoms with Crippen LogP contribution in [-0.2, 0) is 11.3 Å². The van der Waals surface area contributed by atoms with Gasteiger partial charge in [0.1, 0.15) is 17.9 Å². The molecule has 2 aliphatic rings.